The van der Waals surface area contributed by atoms with E-state index in [1.807, 2.05) is 49.4 Å². The lowest BCUT2D eigenvalue weighted by Crippen LogP contribution is -2.46. The molecular weight excluding hydrogens is 348 g/mol. The number of nitrogens with one attached hydrogen (secondary N) is 1. The van der Waals surface area contributed by atoms with Gasteiger partial charge >= 0.3 is 12.0 Å². The van der Waals surface area contributed by atoms with Crippen LogP contribution in [0.5, 0.6) is 0 Å². The Morgan fingerprint density at radius 1 is 1.19 bits per heavy atom. The third-order valence-electron chi connectivity index (χ3n) is 4.49. The largest absolute Gasteiger partial charge is 0.462 e. The predicted octanol–water partition coefficient (Wildman–Crippen LogP) is 3.81. The van der Waals surface area contributed by atoms with Crippen LogP contribution < -0.4 is 5.32 Å². The van der Waals surface area contributed by atoms with Crippen LogP contribution in [-0.4, -0.2) is 30.6 Å². The highest BCUT2D eigenvalue weighted by Gasteiger charge is 2.35. The van der Waals surface area contributed by atoms with Crippen molar-refractivity contribution in [3.8, 4) is 0 Å². The number of hydrogen-bond acceptors (Lipinski definition) is 4. The molecular formula is C20H22N2O3S. The molecule has 0 spiro atoms. The van der Waals surface area contributed by atoms with Crippen LogP contribution >= 0.6 is 11.3 Å². The molecule has 2 heterocycles. The Labute approximate surface area is 157 Å². The second kappa shape index (κ2) is 7.74. The number of amides is 2. The van der Waals surface area contributed by atoms with E-state index in [0.29, 0.717) is 24.3 Å². The number of nitrogens with zero attached hydrogens (tertiary/aromatic N) is 1. The first kappa shape index (κ1) is 18.2. The fraction of sp³-hybridized carbons (Fsp3) is 0.300. The Morgan fingerprint density at radius 3 is 2.58 bits per heavy atom. The molecule has 0 aliphatic carbocycles. The molecule has 5 nitrogen and oxygen atoms in total. The molecule has 1 aliphatic rings. The number of urea groups is 1. The van der Waals surface area contributed by atoms with E-state index in [1.54, 1.807) is 25.3 Å². The molecule has 1 aromatic heterocycles. The molecule has 26 heavy (non-hydrogen) atoms. The molecule has 0 saturated carbocycles. The van der Waals surface area contributed by atoms with Crippen LogP contribution in [0.4, 0.5) is 4.79 Å². The van der Waals surface area contributed by atoms with E-state index in [-0.39, 0.29) is 12.0 Å². The Bertz CT molecular complexity index is 842. The van der Waals surface area contributed by atoms with E-state index < -0.39 is 6.04 Å². The number of esters is 1. The van der Waals surface area contributed by atoms with Crippen LogP contribution in [0.1, 0.15) is 28.3 Å². The van der Waals surface area contributed by atoms with Crippen molar-refractivity contribution in [2.45, 2.75) is 26.3 Å². The number of allylic oxidation sites excluding steroid dienone is 1. The van der Waals surface area contributed by atoms with Crippen molar-refractivity contribution < 1.29 is 14.3 Å². The lowest BCUT2D eigenvalue weighted by Gasteiger charge is -2.32. The third kappa shape index (κ3) is 3.80. The second-order valence-corrected chi connectivity index (χ2v) is 7.58. The van der Waals surface area contributed by atoms with Crippen molar-refractivity contribution in [3.63, 3.8) is 0 Å². The molecule has 6 heteroatoms. The van der Waals surface area contributed by atoms with Crippen molar-refractivity contribution in [3.05, 3.63) is 69.1 Å². The Kier molecular flexibility index (Phi) is 5.42. The molecule has 0 saturated heterocycles. The molecule has 2 aromatic rings. The van der Waals surface area contributed by atoms with Crippen molar-refractivity contribution in [2.75, 3.05) is 13.7 Å². The van der Waals surface area contributed by atoms with Gasteiger partial charge in [0, 0.05) is 28.9 Å². The van der Waals surface area contributed by atoms with Crippen LogP contribution in [0.25, 0.3) is 0 Å². The van der Waals surface area contributed by atoms with E-state index >= 15 is 0 Å². The molecule has 1 aliphatic heterocycles. The summed E-state index contributed by atoms with van der Waals surface area (Å²) in [6.07, 6.45) is 0.657. The maximum atomic E-state index is 12.8. The summed E-state index contributed by atoms with van der Waals surface area (Å²) in [5.41, 5.74) is 2.22. The maximum Gasteiger partial charge on any atom is 0.338 e. The minimum Gasteiger partial charge on any atom is -0.462 e. The molecule has 1 N–H and O–H groups in total. The molecule has 1 atom stereocenters. The Balaban J connectivity index is 1.78. The highest BCUT2D eigenvalue weighted by Crippen LogP contribution is 2.34. The highest BCUT2D eigenvalue weighted by molar-refractivity contribution is 7.12. The van der Waals surface area contributed by atoms with Crippen LogP contribution in [0.2, 0.25) is 0 Å². The quantitative estimate of drug-likeness (QED) is 0.814. The zero-order chi connectivity index (χ0) is 18.7. The molecule has 0 unspecified atom stereocenters. The number of hydrogen-bond donors (Lipinski definition) is 1. The van der Waals surface area contributed by atoms with E-state index in [4.69, 9.17) is 4.74 Å². The van der Waals surface area contributed by atoms with Gasteiger partial charge in [0.05, 0.1) is 18.2 Å². The average Bonchev–Trinajstić information content (AvgIpc) is 3.06. The van der Waals surface area contributed by atoms with Crippen LogP contribution in [0.15, 0.2) is 53.7 Å². The molecule has 0 bridgehead atoms. The van der Waals surface area contributed by atoms with Gasteiger partial charge in [0.1, 0.15) is 0 Å². The zero-order valence-corrected chi connectivity index (χ0v) is 15.9. The van der Waals surface area contributed by atoms with E-state index in [2.05, 4.69) is 5.32 Å². The summed E-state index contributed by atoms with van der Waals surface area (Å²) in [6.45, 7) is 4.08. The summed E-state index contributed by atoms with van der Waals surface area (Å²) in [5.74, 6) is -0.388. The standard InChI is InChI=1S/C20H22N2O3S/c1-13-9-10-16(26-13)18-17(14(2)22(3)20(24)21-18)19(23)25-12-11-15-7-5-4-6-8-15/h4-10,18H,11-12H2,1-3H3,(H,21,24)/t18-/m1/s1. The van der Waals surface area contributed by atoms with E-state index in [1.165, 1.54) is 4.90 Å². The number of carbonyl (C=O) groups excluding carboxylic acids is 2. The number of ether oxygens (including phenoxy) is 1. The van der Waals surface area contributed by atoms with Crippen molar-refractivity contribution >= 4 is 23.3 Å². The van der Waals surface area contributed by atoms with Gasteiger partial charge in [0.2, 0.25) is 0 Å². The fourth-order valence-electron chi connectivity index (χ4n) is 2.91. The molecule has 0 radical (unpaired) electrons. The van der Waals surface area contributed by atoms with Crippen LogP contribution in [-0.2, 0) is 16.0 Å². The first-order valence-corrected chi connectivity index (χ1v) is 9.31. The Morgan fingerprint density at radius 2 is 1.92 bits per heavy atom. The molecule has 0 fully saturated rings. The third-order valence-corrected chi connectivity index (χ3v) is 5.55. The van der Waals surface area contributed by atoms with Gasteiger partial charge in [0.25, 0.3) is 0 Å². The highest BCUT2D eigenvalue weighted by atomic mass is 32.1. The minimum absolute atomic E-state index is 0.223. The number of aryl methyl sites for hydroxylation is 1. The number of rotatable bonds is 5. The van der Waals surface area contributed by atoms with Crippen LogP contribution in [0.3, 0.4) is 0 Å². The second-order valence-electron chi connectivity index (χ2n) is 6.26. The van der Waals surface area contributed by atoms with Crippen molar-refractivity contribution in [1.29, 1.82) is 0 Å². The summed E-state index contributed by atoms with van der Waals surface area (Å²) in [5, 5.41) is 2.90. The van der Waals surface area contributed by atoms with Gasteiger partial charge in [-0.05, 0) is 31.5 Å². The van der Waals surface area contributed by atoms with Gasteiger partial charge in [-0.3, -0.25) is 0 Å². The number of carbonyl (C=O) groups is 2. The lowest BCUT2D eigenvalue weighted by molar-refractivity contribution is -0.139. The normalized spacial score (nSPS) is 17.3. The SMILES string of the molecule is CC1=C(C(=O)OCCc2ccccc2)[C@@H](c2ccc(C)s2)NC(=O)N1C. The summed E-state index contributed by atoms with van der Waals surface area (Å²) in [7, 11) is 1.65. The molecule has 2 amide bonds. The van der Waals surface area contributed by atoms with Crippen molar-refractivity contribution in [1.82, 2.24) is 10.2 Å². The maximum absolute atomic E-state index is 12.8. The van der Waals surface area contributed by atoms with Gasteiger partial charge < -0.3 is 15.0 Å². The van der Waals surface area contributed by atoms with Gasteiger partial charge in [-0.25, -0.2) is 9.59 Å². The molecule has 136 valence electrons. The van der Waals surface area contributed by atoms with Gasteiger partial charge in [-0.15, -0.1) is 11.3 Å². The lowest BCUT2D eigenvalue weighted by atomic mass is 10.0. The first-order chi connectivity index (χ1) is 12.5. The topological polar surface area (TPSA) is 58.6 Å². The van der Waals surface area contributed by atoms with Gasteiger partial charge in [0.15, 0.2) is 0 Å². The summed E-state index contributed by atoms with van der Waals surface area (Å²) in [4.78, 5) is 28.5. The monoisotopic (exact) mass is 370 g/mol. The van der Waals surface area contributed by atoms with Gasteiger partial charge in [-0.1, -0.05) is 30.3 Å². The zero-order valence-electron chi connectivity index (χ0n) is 15.1. The molecule has 3 rings (SSSR count). The predicted molar refractivity (Wildman–Crippen MR) is 102 cm³/mol. The number of benzene rings is 1. The van der Waals surface area contributed by atoms with Crippen molar-refractivity contribution in [2.24, 2.45) is 0 Å². The molecule has 1 aromatic carbocycles. The van der Waals surface area contributed by atoms with Gasteiger partial charge in [-0.2, -0.15) is 0 Å². The first-order valence-electron chi connectivity index (χ1n) is 8.49. The van der Waals surface area contributed by atoms with E-state index in [9.17, 15) is 9.59 Å². The minimum atomic E-state index is -0.471. The summed E-state index contributed by atoms with van der Waals surface area (Å²) in [6, 6.07) is 13.1. The van der Waals surface area contributed by atoms with Crippen LogP contribution in [0, 0.1) is 6.92 Å². The number of thiophene rings is 1. The fourth-order valence-corrected chi connectivity index (χ4v) is 3.84. The Hall–Kier alpha value is -2.60. The summed E-state index contributed by atoms with van der Waals surface area (Å²) >= 11 is 1.57. The van der Waals surface area contributed by atoms with E-state index in [0.717, 1.165) is 15.3 Å². The summed E-state index contributed by atoms with van der Waals surface area (Å²) < 4.78 is 5.53. The average molecular weight is 370 g/mol. The smallest absolute Gasteiger partial charge is 0.338 e.